The number of hydrogen-bond acceptors (Lipinski definition) is 4. The van der Waals surface area contributed by atoms with E-state index in [1.807, 2.05) is 0 Å². The van der Waals surface area contributed by atoms with Gasteiger partial charge in [0.1, 0.15) is 5.82 Å². The molecule has 4 nitrogen and oxygen atoms in total. The number of nitrogens with one attached hydrogen (secondary N) is 1. The van der Waals surface area contributed by atoms with Gasteiger partial charge < -0.3 is 10.4 Å². The molecule has 0 radical (unpaired) electrons. The Hall–Kier alpha value is -0.980. The molecule has 18 heavy (non-hydrogen) atoms. The minimum absolute atomic E-state index is 0.0931. The Balaban J connectivity index is 2.48. The first-order valence-corrected chi connectivity index (χ1v) is 7.65. The Morgan fingerprint density at radius 2 is 1.89 bits per heavy atom. The van der Waals surface area contributed by atoms with Crippen molar-refractivity contribution in [2.45, 2.75) is 23.3 Å². The van der Waals surface area contributed by atoms with Gasteiger partial charge in [-0.1, -0.05) is 0 Å². The van der Waals surface area contributed by atoms with Crippen molar-refractivity contribution < 1.29 is 17.9 Å². The summed E-state index contributed by atoms with van der Waals surface area (Å²) in [4.78, 5) is -0.0931. The first-order chi connectivity index (χ1) is 8.31. The molecular weight excluding hydrogens is 257 g/mol. The Morgan fingerprint density at radius 1 is 1.28 bits per heavy atom. The zero-order valence-corrected chi connectivity index (χ0v) is 10.9. The summed E-state index contributed by atoms with van der Waals surface area (Å²) in [6.07, 6.45) is 1.91. The number of piperidine rings is 1. The van der Waals surface area contributed by atoms with Crippen molar-refractivity contribution in [3.63, 3.8) is 0 Å². The maximum atomic E-state index is 13.5. The summed E-state index contributed by atoms with van der Waals surface area (Å²) in [6.45, 7) is 1.25. The van der Waals surface area contributed by atoms with Gasteiger partial charge in [0.25, 0.3) is 0 Å². The van der Waals surface area contributed by atoms with Crippen LogP contribution in [0.15, 0.2) is 23.1 Å². The molecule has 0 atom stereocenters. The number of aliphatic hydroxyl groups is 1. The third-order valence-electron chi connectivity index (χ3n) is 3.27. The fourth-order valence-electron chi connectivity index (χ4n) is 2.17. The van der Waals surface area contributed by atoms with E-state index in [0.717, 1.165) is 12.3 Å². The molecule has 1 heterocycles. The van der Waals surface area contributed by atoms with E-state index in [4.69, 9.17) is 0 Å². The zero-order chi connectivity index (χ0) is 13.4. The molecule has 0 amide bonds. The molecule has 0 aliphatic carbocycles. The minimum Gasteiger partial charge on any atom is -0.385 e. The van der Waals surface area contributed by atoms with Crippen molar-refractivity contribution in [2.75, 3.05) is 19.3 Å². The summed E-state index contributed by atoms with van der Waals surface area (Å²) in [5.74, 6) is -0.639. The van der Waals surface area contributed by atoms with E-state index in [-0.39, 0.29) is 4.90 Å². The molecule has 1 aromatic rings. The van der Waals surface area contributed by atoms with Gasteiger partial charge in [-0.05, 0) is 49.7 Å². The van der Waals surface area contributed by atoms with Gasteiger partial charge in [0.2, 0.25) is 0 Å². The molecule has 1 fully saturated rings. The standard InChI is InChI=1S/C12H16FNO3S/c1-18(16,17)11-7-9(6-10(13)8-11)12(15)2-4-14-5-3-12/h6-8,14-15H,2-5H2,1H3. The minimum atomic E-state index is -3.48. The number of benzene rings is 1. The van der Waals surface area contributed by atoms with Gasteiger partial charge in [-0.3, -0.25) is 0 Å². The van der Waals surface area contributed by atoms with E-state index in [1.165, 1.54) is 12.1 Å². The molecule has 1 aromatic carbocycles. The van der Waals surface area contributed by atoms with Gasteiger partial charge in [-0.25, -0.2) is 12.8 Å². The van der Waals surface area contributed by atoms with Crippen molar-refractivity contribution in [2.24, 2.45) is 0 Å². The predicted molar refractivity (Wildman–Crippen MR) is 65.5 cm³/mol. The van der Waals surface area contributed by atoms with E-state index in [9.17, 15) is 17.9 Å². The molecule has 0 saturated carbocycles. The topological polar surface area (TPSA) is 66.4 Å². The molecule has 0 spiro atoms. The first kappa shape index (κ1) is 13.5. The maximum absolute atomic E-state index is 13.5. The normalized spacial score (nSPS) is 19.7. The van der Waals surface area contributed by atoms with Crippen LogP contribution in [-0.4, -0.2) is 32.9 Å². The third-order valence-corrected chi connectivity index (χ3v) is 4.36. The van der Waals surface area contributed by atoms with Gasteiger partial charge in [0.15, 0.2) is 9.84 Å². The SMILES string of the molecule is CS(=O)(=O)c1cc(F)cc(C2(O)CCNCC2)c1. The Bertz CT molecular complexity index is 550. The number of sulfone groups is 1. The van der Waals surface area contributed by atoms with E-state index < -0.39 is 21.3 Å². The third kappa shape index (κ3) is 2.71. The van der Waals surface area contributed by atoms with Crippen LogP contribution >= 0.6 is 0 Å². The molecule has 1 saturated heterocycles. The number of halogens is 1. The fraction of sp³-hybridized carbons (Fsp3) is 0.500. The van der Waals surface area contributed by atoms with E-state index in [1.54, 1.807) is 0 Å². The Morgan fingerprint density at radius 3 is 2.44 bits per heavy atom. The van der Waals surface area contributed by atoms with E-state index in [0.29, 0.717) is 31.5 Å². The quantitative estimate of drug-likeness (QED) is 0.836. The second-order valence-corrected chi connectivity index (χ2v) is 6.75. The van der Waals surface area contributed by atoms with Crippen molar-refractivity contribution in [1.29, 1.82) is 0 Å². The van der Waals surface area contributed by atoms with Crippen LogP contribution in [0.3, 0.4) is 0 Å². The summed E-state index contributed by atoms with van der Waals surface area (Å²) in [5, 5.41) is 13.6. The molecule has 100 valence electrons. The van der Waals surface area contributed by atoms with Crippen LogP contribution in [0.1, 0.15) is 18.4 Å². The molecule has 1 aliphatic rings. The lowest BCUT2D eigenvalue weighted by Gasteiger charge is -2.33. The van der Waals surface area contributed by atoms with Gasteiger partial charge in [-0.15, -0.1) is 0 Å². The highest BCUT2D eigenvalue weighted by Gasteiger charge is 2.32. The maximum Gasteiger partial charge on any atom is 0.175 e. The fourth-order valence-corrected chi connectivity index (χ4v) is 2.84. The van der Waals surface area contributed by atoms with Gasteiger partial charge in [-0.2, -0.15) is 0 Å². The molecule has 0 unspecified atom stereocenters. The molecular formula is C12H16FNO3S. The second-order valence-electron chi connectivity index (χ2n) is 4.73. The predicted octanol–water partition coefficient (Wildman–Crippen LogP) is 0.800. The monoisotopic (exact) mass is 273 g/mol. The highest BCUT2D eigenvalue weighted by molar-refractivity contribution is 7.90. The molecule has 2 N–H and O–H groups in total. The van der Waals surface area contributed by atoms with E-state index in [2.05, 4.69) is 5.32 Å². The zero-order valence-electron chi connectivity index (χ0n) is 10.1. The second kappa shape index (κ2) is 4.60. The molecule has 1 aliphatic heterocycles. The van der Waals surface area contributed by atoms with Crippen LogP contribution in [0.4, 0.5) is 4.39 Å². The van der Waals surface area contributed by atoms with E-state index >= 15 is 0 Å². The van der Waals surface area contributed by atoms with Crippen LogP contribution in [0.5, 0.6) is 0 Å². The largest absolute Gasteiger partial charge is 0.385 e. The van der Waals surface area contributed by atoms with Crippen LogP contribution in [0.2, 0.25) is 0 Å². The first-order valence-electron chi connectivity index (χ1n) is 5.75. The Labute approximate surface area is 106 Å². The lowest BCUT2D eigenvalue weighted by Crippen LogP contribution is -2.39. The average Bonchev–Trinajstić information content (AvgIpc) is 2.28. The highest BCUT2D eigenvalue weighted by atomic mass is 32.2. The summed E-state index contributed by atoms with van der Waals surface area (Å²) >= 11 is 0. The highest BCUT2D eigenvalue weighted by Crippen LogP contribution is 2.32. The summed E-state index contributed by atoms with van der Waals surface area (Å²) in [6, 6.07) is 3.55. The molecule has 2 rings (SSSR count). The van der Waals surface area contributed by atoms with Crippen molar-refractivity contribution in [3.8, 4) is 0 Å². The smallest absolute Gasteiger partial charge is 0.175 e. The summed E-state index contributed by atoms with van der Waals surface area (Å²) < 4.78 is 36.4. The van der Waals surface area contributed by atoms with Gasteiger partial charge >= 0.3 is 0 Å². The molecule has 0 bridgehead atoms. The van der Waals surface area contributed by atoms with Crippen LogP contribution in [0, 0.1) is 5.82 Å². The van der Waals surface area contributed by atoms with Crippen LogP contribution in [0.25, 0.3) is 0 Å². The Kier molecular flexibility index (Phi) is 3.44. The van der Waals surface area contributed by atoms with Crippen LogP contribution < -0.4 is 5.32 Å². The number of rotatable bonds is 2. The van der Waals surface area contributed by atoms with Gasteiger partial charge in [0.05, 0.1) is 10.5 Å². The lowest BCUT2D eigenvalue weighted by atomic mass is 9.85. The van der Waals surface area contributed by atoms with Crippen LogP contribution in [-0.2, 0) is 15.4 Å². The summed E-state index contributed by atoms with van der Waals surface area (Å²) in [5.41, 5.74) is -0.809. The van der Waals surface area contributed by atoms with Crippen molar-refractivity contribution >= 4 is 9.84 Å². The average molecular weight is 273 g/mol. The lowest BCUT2D eigenvalue weighted by molar-refractivity contribution is 0.00547. The summed E-state index contributed by atoms with van der Waals surface area (Å²) in [7, 11) is -3.48. The van der Waals surface area contributed by atoms with Crippen molar-refractivity contribution in [1.82, 2.24) is 5.32 Å². The number of hydrogen-bond donors (Lipinski definition) is 2. The van der Waals surface area contributed by atoms with Crippen molar-refractivity contribution in [3.05, 3.63) is 29.6 Å². The molecule has 6 heteroatoms. The van der Waals surface area contributed by atoms with Gasteiger partial charge in [0, 0.05) is 6.26 Å². The molecule has 0 aromatic heterocycles.